The maximum Gasteiger partial charge on any atom is 0.278 e. The summed E-state index contributed by atoms with van der Waals surface area (Å²) >= 11 is 12.1. The maximum atomic E-state index is 12.4. The third-order valence-corrected chi connectivity index (χ3v) is 5.49. The Balaban J connectivity index is 1.78. The molecule has 2 aromatic rings. The monoisotopic (exact) mass is 450 g/mol. The summed E-state index contributed by atoms with van der Waals surface area (Å²) in [5.74, 6) is -0.622. The van der Waals surface area contributed by atoms with E-state index in [0.29, 0.717) is 36.2 Å². The van der Waals surface area contributed by atoms with Crippen LogP contribution in [0.5, 0.6) is 0 Å². The van der Waals surface area contributed by atoms with Crippen molar-refractivity contribution in [3.8, 4) is 0 Å². The molecule has 10 heteroatoms. The maximum absolute atomic E-state index is 12.4. The summed E-state index contributed by atoms with van der Waals surface area (Å²) in [6.45, 7) is 0.978. The zero-order valence-electron chi connectivity index (χ0n) is 15.9. The Bertz CT molecular complexity index is 881. The Morgan fingerprint density at radius 2 is 1.47 bits per heavy atom. The molecule has 1 amide bonds. The fourth-order valence-electron chi connectivity index (χ4n) is 3.53. The Labute approximate surface area is 183 Å². The third kappa shape index (κ3) is 5.27. The van der Waals surface area contributed by atoms with Gasteiger partial charge < -0.3 is 10.1 Å². The molecule has 0 aromatic heterocycles. The number of hydrogen-bond donors (Lipinski definition) is 1. The van der Waals surface area contributed by atoms with Crippen LogP contribution in [0.1, 0.15) is 17.2 Å². The number of nitro groups is 1. The summed E-state index contributed by atoms with van der Waals surface area (Å²) in [6, 6.07) is 15.1. The zero-order chi connectivity index (χ0) is 21.7. The molecule has 158 valence electrons. The van der Waals surface area contributed by atoms with Crippen LogP contribution < -0.4 is 0 Å². The van der Waals surface area contributed by atoms with E-state index < -0.39 is 23.1 Å². The number of carbonyl (C=O) groups is 1. The van der Waals surface area contributed by atoms with Crippen LogP contribution >= 0.6 is 23.2 Å². The second-order valence-corrected chi connectivity index (χ2v) is 7.74. The molecular formula is C20H20Cl2N4O4. The van der Waals surface area contributed by atoms with Crippen LogP contribution in [0.4, 0.5) is 0 Å². The molecule has 0 saturated carbocycles. The first-order valence-corrected chi connectivity index (χ1v) is 10.0. The second-order valence-electron chi connectivity index (χ2n) is 6.87. The van der Waals surface area contributed by atoms with E-state index in [1.807, 2.05) is 48.5 Å². The summed E-state index contributed by atoms with van der Waals surface area (Å²) < 4.78 is 0. The number of halogens is 2. The first kappa shape index (κ1) is 22.0. The van der Waals surface area contributed by atoms with E-state index in [4.69, 9.17) is 28.4 Å². The minimum atomic E-state index is -0.812. The molecule has 1 N–H and O–H groups in total. The number of piperazine rings is 1. The van der Waals surface area contributed by atoms with E-state index >= 15 is 0 Å². The van der Waals surface area contributed by atoms with Gasteiger partial charge in [0.05, 0.1) is 6.04 Å². The topological polar surface area (TPSA) is 99.3 Å². The van der Waals surface area contributed by atoms with Crippen LogP contribution in [0.15, 0.2) is 53.7 Å². The van der Waals surface area contributed by atoms with Crippen LogP contribution in [0.3, 0.4) is 0 Å². The highest BCUT2D eigenvalue weighted by molar-refractivity contribution is 6.39. The van der Waals surface area contributed by atoms with Crippen molar-refractivity contribution in [3.63, 3.8) is 0 Å². The van der Waals surface area contributed by atoms with Crippen molar-refractivity contribution in [3.05, 3.63) is 79.8 Å². The lowest BCUT2D eigenvalue weighted by Gasteiger charge is -2.39. The molecule has 3 rings (SSSR count). The van der Waals surface area contributed by atoms with Crippen molar-refractivity contribution in [1.29, 1.82) is 0 Å². The predicted molar refractivity (Wildman–Crippen MR) is 114 cm³/mol. The molecule has 0 aliphatic carbocycles. The third-order valence-electron chi connectivity index (χ3n) is 4.98. The molecule has 2 aromatic carbocycles. The van der Waals surface area contributed by atoms with E-state index in [1.54, 1.807) is 0 Å². The van der Waals surface area contributed by atoms with Gasteiger partial charge >= 0.3 is 0 Å². The quantitative estimate of drug-likeness (QED) is 0.314. The van der Waals surface area contributed by atoms with E-state index in [2.05, 4.69) is 10.1 Å². The number of nitrogens with zero attached hydrogens (tertiary/aromatic N) is 4. The lowest BCUT2D eigenvalue weighted by molar-refractivity contribution is -0.463. The van der Waals surface area contributed by atoms with Crippen LogP contribution in [0.25, 0.3) is 0 Å². The number of carbonyl (C=O) groups excluding carboxylic acids is 1. The van der Waals surface area contributed by atoms with Crippen LogP contribution in [-0.2, 0) is 4.79 Å². The number of hydrogen-bond acceptors (Lipinski definition) is 6. The van der Waals surface area contributed by atoms with Gasteiger partial charge in [-0.3, -0.25) is 19.8 Å². The Morgan fingerprint density at radius 1 is 1.00 bits per heavy atom. The van der Waals surface area contributed by atoms with Gasteiger partial charge in [0.25, 0.3) is 12.5 Å². The average Bonchev–Trinajstić information content (AvgIpc) is 2.75. The second kappa shape index (κ2) is 9.88. The van der Waals surface area contributed by atoms with Gasteiger partial charge in [-0.2, -0.15) is 0 Å². The van der Waals surface area contributed by atoms with Crippen molar-refractivity contribution < 1.29 is 14.9 Å². The van der Waals surface area contributed by atoms with Gasteiger partial charge in [-0.25, -0.2) is 0 Å². The molecule has 30 heavy (non-hydrogen) atoms. The highest BCUT2D eigenvalue weighted by Crippen LogP contribution is 2.31. The molecule has 0 radical (unpaired) electrons. The summed E-state index contributed by atoms with van der Waals surface area (Å²) in [5, 5.41) is 23.7. The average molecular weight is 451 g/mol. The van der Waals surface area contributed by atoms with Gasteiger partial charge in [0.15, 0.2) is 0 Å². The van der Waals surface area contributed by atoms with Gasteiger partial charge in [0.2, 0.25) is 5.71 Å². The molecule has 1 aliphatic heterocycles. The van der Waals surface area contributed by atoms with Crippen molar-refractivity contribution in [2.75, 3.05) is 32.7 Å². The van der Waals surface area contributed by atoms with Crippen LogP contribution in [0, 0.1) is 10.1 Å². The highest BCUT2D eigenvalue weighted by Gasteiger charge is 2.31. The zero-order valence-corrected chi connectivity index (χ0v) is 17.5. The van der Waals surface area contributed by atoms with E-state index in [0.717, 1.165) is 11.1 Å². The molecule has 0 atom stereocenters. The van der Waals surface area contributed by atoms with E-state index in [1.165, 1.54) is 4.90 Å². The fraction of sp³-hybridized carbons (Fsp3) is 0.300. The Kier molecular flexibility index (Phi) is 7.25. The van der Waals surface area contributed by atoms with Crippen molar-refractivity contribution in [1.82, 2.24) is 9.80 Å². The smallest absolute Gasteiger partial charge is 0.278 e. The predicted octanol–water partition coefficient (Wildman–Crippen LogP) is 3.33. The minimum Gasteiger partial charge on any atom is -0.410 e. The molecule has 0 unspecified atom stereocenters. The molecule has 0 bridgehead atoms. The largest absolute Gasteiger partial charge is 0.410 e. The van der Waals surface area contributed by atoms with Crippen LogP contribution in [0.2, 0.25) is 10.0 Å². The number of amides is 1. The van der Waals surface area contributed by atoms with Crippen molar-refractivity contribution >= 4 is 34.8 Å². The van der Waals surface area contributed by atoms with Crippen LogP contribution in [-0.4, -0.2) is 64.3 Å². The van der Waals surface area contributed by atoms with Crippen molar-refractivity contribution in [2.24, 2.45) is 5.16 Å². The lowest BCUT2D eigenvalue weighted by Crippen LogP contribution is -2.52. The molecule has 1 aliphatic rings. The van der Waals surface area contributed by atoms with Gasteiger partial charge in [-0.15, -0.1) is 0 Å². The Morgan fingerprint density at radius 3 is 1.87 bits per heavy atom. The fourth-order valence-corrected chi connectivity index (χ4v) is 3.79. The minimum absolute atomic E-state index is 0.0680. The van der Waals surface area contributed by atoms with Crippen molar-refractivity contribution in [2.45, 2.75) is 6.04 Å². The van der Waals surface area contributed by atoms with Gasteiger partial charge in [0.1, 0.15) is 0 Å². The molecule has 1 heterocycles. The SMILES string of the molecule is O=C(/C(C[N+](=O)[O-])=N\O)N1CCN(C(c2ccc(Cl)cc2)c2ccc(Cl)cc2)CC1. The summed E-state index contributed by atoms with van der Waals surface area (Å²) in [7, 11) is 0. The molecule has 1 saturated heterocycles. The first-order valence-electron chi connectivity index (χ1n) is 9.26. The number of rotatable bonds is 6. The molecule has 8 nitrogen and oxygen atoms in total. The number of benzene rings is 2. The highest BCUT2D eigenvalue weighted by atomic mass is 35.5. The molecule has 0 spiro atoms. The summed E-state index contributed by atoms with van der Waals surface area (Å²) in [4.78, 5) is 26.1. The molecular weight excluding hydrogens is 431 g/mol. The summed E-state index contributed by atoms with van der Waals surface area (Å²) in [5.41, 5.74) is 1.63. The van der Waals surface area contributed by atoms with Gasteiger partial charge in [-0.1, -0.05) is 52.6 Å². The van der Waals surface area contributed by atoms with Gasteiger partial charge in [-0.05, 0) is 35.4 Å². The van der Waals surface area contributed by atoms with E-state index in [9.17, 15) is 14.9 Å². The standard InChI is InChI=1S/C20H20Cl2N4O4/c21-16-5-1-14(2-6-16)19(15-3-7-17(22)8-4-15)24-9-11-25(12-10-24)20(27)18(23-28)13-26(29)30/h1-8,19,28H,9-13H2/b23-18-. The van der Waals surface area contributed by atoms with E-state index in [-0.39, 0.29) is 6.04 Å². The van der Waals surface area contributed by atoms with Gasteiger partial charge in [0, 0.05) is 41.1 Å². The first-order chi connectivity index (χ1) is 14.4. The summed E-state index contributed by atoms with van der Waals surface area (Å²) in [6.07, 6.45) is 0. The molecule has 1 fully saturated rings. The lowest BCUT2D eigenvalue weighted by atomic mass is 9.96. The number of oxime groups is 1. The Hall–Kier alpha value is -2.68. The normalized spacial score (nSPS) is 15.4.